The van der Waals surface area contributed by atoms with Crippen molar-refractivity contribution in [1.82, 2.24) is 20.1 Å². The van der Waals surface area contributed by atoms with E-state index in [1.807, 2.05) is 35.4 Å². The molecule has 2 aromatic heterocycles. The molecule has 0 spiro atoms. The summed E-state index contributed by atoms with van der Waals surface area (Å²) < 4.78 is 5.79. The number of carbonyl (C=O) groups excluding carboxylic acids is 1. The van der Waals surface area contributed by atoms with E-state index in [4.69, 9.17) is 4.74 Å². The molecular formula is C18H18N4O2S. The summed E-state index contributed by atoms with van der Waals surface area (Å²) in [5.74, 6) is 0.694. The molecule has 0 atom stereocenters. The van der Waals surface area contributed by atoms with Gasteiger partial charge in [0.1, 0.15) is 12.4 Å². The van der Waals surface area contributed by atoms with Crippen molar-refractivity contribution in [2.75, 3.05) is 6.54 Å². The minimum atomic E-state index is 0.0156. The minimum Gasteiger partial charge on any atom is -0.487 e. The summed E-state index contributed by atoms with van der Waals surface area (Å²) in [7, 11) is 0. The summed E-state index contributed by atoms with van der Waals surface area (Å²) in [4.78, 5) is 19.0. The number of amides is 1. The highest BCUT2D eigenvalue weighted by Gasteiger charge is 2.23. The fourth-order valence-electron chi connectivity index (χ4n) is 2.93. The number of aryl methyl sites for hydroxylation is 1. The minimum absolute atomic E-state index is 0.0156. The molecule has 1 aliphatic rings. The second-order valence-corrected chi connectivity index (χ2v) is 7.09. The number of ether oxygens (including phenoxy) is 1. The molecule has 0 radical (unpaired) electrons. The van der Waals surface area contributed by atoms with Gasteiger partial charge in [0.2, 0.25) is 0 Å². The van der Waals surface area contributed by atoms with Gasteiger partial charge in [0.05, 0.1) is 16.9 Å². The van der Waals surface area contributed by atoms with Gasteiger partial charge in [0.15, 0.2) is 0 Å². The first kappa shape index (κ1) is 15.8. The van der Waals surface area contributed by atoms with Crippen LogP contribution < -0.4 is 4.74 Å². The molecule has 7 heteroatoms. The van der Waals surface area contributed by atoms with Gasteiger partial charge in [-0.25, -0.2) is 4.98 Å². The summed E-state index contributed by atoms with van der Waals surface area (Å²) >= 11 is 1.60. The molecule has 3 heterocycles. The number of nitrogens with zero attached hydrogens (tertiary/aromatic N) is 3. The van der Waals surface area contributed by atoms with E-state index in [0.717, 1.165) is 28.4 Å². The third-order valence-electron chi connectivity index (χ3n) is 4.22. The van der Waals surface area contributed by atoms with Crippen molar-refractivity contribution < 1.29 is 9.53 Å². The Bertz CT molecular complexity index is 902. The average Bonchev–Trinajstić information content (AvgIpc) is 3.27. The Hall–Kier alpha value is -2.67. The number of fused-ring (bicyclic) bond motifs is 1. The van der Waals surface area contributed by atoms with Gasteiger partial charge in [-0.1, -0.05) is 6.07 Å². The number of carbonyl (C=O) groups is 1. The Morgan fingerprint density at radius 2 is 2.36 bits per heavy atom. The van der Waals surface area contributed by atoms with Crippen LogP contribution in [0.1, 0.15) is 32.3 Å². The molecule has 1 amide bonds. The molecule has 0 fully saturated rings. The number of hydrogen-bond donors (Lipinski definition) is 1. The van der Waals surface area contributed by atoms with Crippen LogP contribution in [0.5, 0.6) is 5.75 Å². The molecule has 1 N–H and O–H groups in total. The van der Waals surface area contributed by atoms with Crippen molar-refractivity contribution in [2.45, 2.75) is 26.5 Å². The van der Waals surface area contributed by atoms with Crippen LogP contribution in [-0.2, 0) is 19.6 Å². The zero-order valence-electron chi connectivity index (χ0n) is 13.9. The number of rotatable bonds is 4. The van der Waals surface area contributed by atoms with Crippen LogP contribution in [0.4, 0.5) is 0 Å². The van der Waals surface area contributed by atoms with E-state index in [0.29, 0.717) is 31.0 Å². The normalized spacial score (nSPS) is 13.6. The fourth-order valence-corrected chi connectivity index (χ4v) is 3.53. The van der Waals surface area contributed by atoms with Crippen molar-refractivity contribution >= 4 is 17.2 Å². The molecule has 0 saturated heterocycles. The Labute approximate surface area is 149 Å². The summed E-state index contributed by atoms with van der Waals surface area (Å²) in [5, 5.41) is 10.0. The molecule has 128 valence electrons. The lowest BCUT2D eigenvalue weighted by molar-refractivity contribution is 0.0734. The smallest absolute Gasteiger partial charge is 0.254 e. The van der Waals surface area contributed by atoms with E-state index in [9.17, 15) is 4.79 Å². The SMILES string of the molecule is Cc1nc(COc2cccc(C(=O)N3CCc4[nH]ncc4C3)c2)cs1. The molecule has 25 heavy (non-hydrogen) atoms. The Kier molecular flexibility index (Phi) is 4.23. The first-order valence-electron chi connectivity index (χ1n) is 8.13. The lowest BCUT2D eigenvalue weighted by Crippen LogP contribution is -2.35. The van der Waals surface area contributed by atoms with Crippen LogP contribution in [0.2, 0.25) is 0 Å². The summed E-state index contributed by atoms with van der Waals surface area (Å²) in [6, 6.07) is 7.34. The van der Waals surface area contributed by atoms with E-state index >= 15 is 0 Å². The third-order valence-corrected chi connectivity index (χ3v) is 5.04. The van der Waals surface area contributed by atoms with Crippen LogP contribution in [0, 0.1) is 6.92 Å². The maximum Gasteiger partial charge on any atom is 0.254 e. The first-order chi connectivity index (χ1) is 12.2. The van der Waals surface area contributed by atoms with Crippen molar-refractivity contribution in [3.05, 3.63) is 63.4 Å². The van der Waals surface area contributed by atoms with Crippen molar-refractivity contribution in [3.63, 3.8) is 0 Å². The summed E-state index contributed by atoms with van der Waals surface area (Å²) in [6.07, 6.45) is 2.60. The maximum atomic E-state index is 12.8. The van der Waals surface area contributed by atoms with Crippen molar-refractivity contribution in [3.8, 4) is 5.75 Å². The second-order valence-electron chi connectivity index (χ2n) is 6.02. The highest BCUT2D eigenvalue weighted by Crippen LogP contribution is 2.21. The quantitative estimate of drug-likeness (QED) is 0.782. The van der Waals surface area contributed by atoms with Crippen LogP contribution in [-0.4, -0.2) is 32.5 Å². The Morgan fingerprint density at radius 1 is 1.44 bits per heavy atom. The van der Waals surface area contributed by atoms with Gasteiger partial charge >= 0.3 is 0 Å². The second kappa shape index (κ2) is 6.68. The maximum absolute atomic E-state index is 12.8. The van der Waals surface area contributed by atoms with Crippen molar-refractivity contribution in [1.29, 1.82) is 0 Å². The number of hydrogen-bond acceptors (Lipinski definition) is 5. The van der Waals surface area contributed by atoms with Gasteiger partial charge in [-0.05, 0) is 25.1 Å². The van der Waals surface area contributed by atoms with Gasteiger partial charge in [-0.3, -0.25) is 9.89 Å². The number of H-pyrrole nitrogens is 1. The zero-order valence-corrected chi connectivity index (χ0v) is 14.7. The Balaban J connectivity index is 1.44. The predicted molar refractivity (Wildman–Crippen MR) is 94.7 cm³/mol. The molecule has 1 aromatic carbocycles. The van der Waals surface area contributed by atoms with E-state index < -0.39 is 0 Å². The molecule has 6 nitrogen and oxygen atoms in total. The summed E-state index contributed by atoms with van der Waals surface area (Å²) in [6.45, 7) is 3.66. The van der Waals surface area contributed by atoms with Crippen molar-refractivity contribution in [2.24, 2.45) is 0 Å². The van der Waals surface area contributed by atoms with Crippen LogP contribution in [0.25, 0.3) is 0 Å². The predicted octanol–water partition coefficient (Wildman–Crippen LogP) is 2.95. The third kappa shape index (κ3) is 3.41. The number of benzene rings is 1. The lowest BCUT2D eigenvalue weighted by Gasteiger charge is -2.26. The molecule has 0 unspecified atom stereocenters. The Morgan fingerprint density at radius 3 is 3.20 bits per heavy atom. The molecule has 0 bridgehead atoms. The van der Waals surface area contributed by atoms with Gasteiger partial charge in [-0.2, -0.15) is 5.10 Å². The topological polar surface area (TPSA) is 71.1 Å². The van der Waals surface area contributed by atoms with Crippen LogP contribution in [0.3, 0.4) is 0 Å². The highest BCUT2D eigenvalue weighted by molar-refractivity contribution is 7.09. The standard InChI is InChI=1S/C18H18N4O2S/c1-12-20-15(11-25-12)10-24-16-4-2-3-13(7-16)18(23)22-6-5-17-14(9-22)8-19-21-17/h2-4,7-8,11H,5-6,9-10H2,1H3,(H,19,21). The highest BCUT2D eigenvalue weighted by atomic mass is 32.1. The monoisotopic (exact) mass is 354 g/mol. The molecule has 3 aromatic rings. The number of aromatic nitrogens is 3. The van der Waals surface area contributed by atoms with Gasteiger partial charge in [0.25, 0.3) is 5.91 Å². The van der Waals surface area contributed by atoms with E-state index in [2.05, 4.69) is 15.2 Å². The lowest BCUT2D eigenvalue weighted by atomic mass is 10.1. The number of aromatic amines is 1. The van der Waals surface area contributed by atoms with Gasteiger partial charge in [0, 0.05) is 41.7 Å². The molecule has 0 aliphatic carbocycles. The summed E-state index contributed by atoms with van der Waals surface area (Å²) in [5.41, 5.74) is 3.76. The van der Waals surface area contributed by atoms with Crippen LogP contribution in [0.15, 0.2) is 35.8 Å². The van der Waals surface area contributed by atoms with E-state index in [-0.39, 0.29) is 5.91 Å². The molecule has 4 rings (SSSR count). The van der Waals surface area contributed by atoms with E-state index in [1.165, 1.54) is 0 Å². The molecule has 0 saturated carbocycles. The van der Waals surface area contributed by atoms with Gasteiger partial charge in [-0.15, -0.1) is 11.3 Å². The average molecular weight is 354 g/mol. The first-order valence-corrected chi connectivity index (χ1v) is 9.01. The zero-order chi connectivity index (χ0) is 17.2. The number of nitrogens with one attached hydrogen (secondary N) is 1. The molecular weight excluding hydrogens is 336 g/mol. The fraction of sp³-hybridized carbons (Fsp3) is 0.278. The largest absolute Gasteiger partial charge is 0.487 e. The van der Waals surface area contributed by atoms with E-state index in [1.54, 1.807) is 23.6 Å². The molecule has 1 aliphatic heterocycles. The van der Waals surface area contributed by atoms with Crippen LogP contribution >= 0.6 is 11.3 Å². The van der Waals surface area contributed by atoms with Gasteiger partial charge < -0.3 is 9.64 Å². The number of thiazole rings is 1.